The minimum atomic E-state index is -0.899. The number of aryl methyl sites for hydroxylation is 2. The summed E-state index contributed by atoms with van der Waals surface area (Å²) in [7, 11) is 1.86. The zero-order valence-corrected chi connectivity index (χ0v) is 13.3. The molecule has 0 aromatic carbocycles. The highest BCUT2D eigenvalue weighted by Crippen LogP contribution is 2.14. The van der Waals surface area contributed by atoms with Gasteiger partial charge in [0.25, 0.3) is 0 Å². The van der Waals surface area contributed by atoms with Crippen LogP contribution in [0.25, 0.3) is 6.08 Å². The Morgan fingerprint density at radius 2 is 2.05 bits per heavy atom. The SMILES string of the molecule is CCN(CC(C)C(=O)O)C(=O)C=Cc1c(C)nn(C)c1C. The summed E-state index contributed by atoms with van der Waals surface area (Å²) in [6, 6.07) is 0. The van der Waals surface area contributed by atoms with Crippen LogP contribution in [-0.2, 0) is 16.6 Å². The molecule has 0 saturated heterocycles. The minimum Gasteiger partial charge on any atom is -0.481 e. The Bertz CT molecular complexity index is 561. The Balaban J connectivity index is 2.82. The second-order valence-corrected chi connectivity index (χ2v) is 5.16. The van der Waals surface area contributed by atoms with Gasteiger partial charge in [0.1, 0.15) is 0 Å². The maximum Gasteiger partial charge on any atom is 0.308 e. The van der Waals surface area contributed by atoms with Gasteiger partial charge in [0.2, 0.25) is 5.91 Å². The van der Waals surface area contributed by atoms with Crippen molar-refractivity contribution >= 4 is 18.0 Å². The molecule has 1 rings (SSSR count). The molecular weight excluding hydrogens is 270 g/mol. The first-order valence-electron chi connectivity index (χ1n) is 6.97. The van der Waals surface area contributed by atoms with E-state index >= 15 is 0 Å². The van der Waals surface area contributed by atoms with Crippen LogP contribution in [-0.4, -0.2) is 44.8 Å². The summed E-state index contributed by atoms with van der Waals surface area (Å²) in [4.78, 5) is 24.6. The van der Waals surface area contributed by atoms with Crippen molar-refractivity contribution in [3.8, 4) is 0 Å². The van der Waals surface area contributed by atoms with E-state index in [1.165, 1.54) is 11.0 Å². The molecule has 0 saturated carbocycles. The van der Waals surface area contributed by atoms with E-state index in [1.54, 1.807) is 17.7 Å². The summed E-state index contributed by atoms with van der Waals surface area (Å²) < 4.78 is 1.77. The number of aliphatic carboxylic acids is 1. The summed E-state index contributed by atoms with van der Waals surface area (Å²) in [6.07, 6.45) is 3.23. The normalized spacial score (nSPS) is 12.6. The molecule has 0 aliphatic heterocycles. The van der Waals surface area contributed by atoms with Crippen LogP contribution in [0.5, 0.6) is 0 Å². The Morgan fingerprint density at radius 1 is 1.43 bits per heavy atom. The van der Waals surface area contributed by atoms with Gasteiger partial charge in [0.15, 0.2) is 0 Å². The van der Waals surface area contributed by atoms with Crippen molar-refractivity contribution in [2.75, 3.05) is 13.1 Å². The number of nitrogens with zero attached hydrogens (tertiary/aromatic N) is 3. The van der Waals surface area contributed by atoms with Crippen LogP contribution >= 0.6 is 0 Å². The summed E-state index contributed by atoms with van der Waals surface area (Å²) >= 11 is 0. The number of carbonyl (C=O) groups is 2. The maximum absolute atomic E-state index is 12.2. The van der Waals surface area contributed by atoms with Crippen LogP contribution < -0.4 is 0 Å². The third-order valence-electron chi connectivity index (χ3n) is 3.57. The van der Waals surface area contributed by atoms with Gasteiger partial charge in [-0.1, -0.05) is 6.92 Å². The van der Waals surface area contributed by atoms with Gasteiger partial charge in [-0.25, -0.2) is 0 Å². The van der Waals surface area contributed by atoms with E-state index in [1.807, 2.05) is 27.8 Å². The molecule has 0 spiro atoms. The number of carboxylic acid groups (broad SMARTS) is 1. The lowest BCUT2D eigenvalue weighted by molar-refractivity contribution is -0.142. The number of likely N-dealkylation sites (N-methyl/N-ethyl adjacent to an activating group) is 1. The fourth-order valence-electron chi connectivity index (χ4n) is 2.07. The van der Waals surface area contributed by atoms with Crippen LogP contribution in [0.1, 0.15) is 30.8 Å². The van der Waals surface area contributed by atoms with Crippen LogP contribution in [0, 0.1) is 19.8 Å². The zero-order chi connectivity index (χ0) is 16.2. The molecule has 0 fully saturated rings. The van der Waals surface area contributed by atoms with Crippen LogP contribution in [0.3, 0.4) is 0 Å². The van der Waals surface area contributed by atoms with Crippen molar-refractivity contribution in [2.24, 2.45) is 13.0 Å². The summed E-state index contributed by atoms with van der Waals surface area (Å²) in [6.45, 7) is 7.94. The van der Waals surface area contributed by atoms with E-state index in [2.05, 4.69) is 5.10 Å². The Labute approximate surface area is 125 Å². The molecule has 0 radical (unpaired) electrons. The van der Waals surface area contributed by atoms with E-state index in [4.69, 9.17) is 5.11 Å². The van der Waals surface area contributed by atoms with Crippen molar-refractivity contribution in [1.82, 2.24) is 14.7 Å². The number of aromatic nitrogens is 2. The van der Waals surface area contributed by atoms with Gasteiger partial charge in [-0.05, 0) is 26.8 Å². The van der Waals surface area contributed by atoms with E-state index < -0.39 is 11.9 Å². The highest BCUT2D eigenvalue weighted by molar-refractivity contribution is 5.92. The first kappa shape index (κ1) is 16.9. The molecule has 0 aliphatic rings. The third-order valence-corrected chi connectivity index (χ3v) is 3.57. The highest BCUT2D eigenvalue weighted by Gasteiger charge is 2.18. The molecule has 21 heavy (non-hydrogen) atoms. The molecule has 6 nitrogen and oxygen atoms in total. The van der Waals surface area contributed by atoms with Crippen molar-refractivity contribution in [2.45, 2.75) is 27.7 Å². The highest BCUT2D eigenvalue weighted by atomic mass is 16.4. The molecule has 0 bridgehead atoms. The Hall–Kier alpha value is -2.11. The molecule has 116 valence electrons. The van der Waals surface area contributed by atoms with E-state index in [0.717, 1.165) is 17.0 Å². The lowest BCUT2D eigenvalue weighted by Gasteiger charge is -2.21. The molecule has 6 heteroatoms. The smallest absolute Gasteiger partial charge is 0.308 e. The number of rotatable bonds is 6. The number of carboxylic acids is 1. The van der Waals surface area contributed by atoms with Crippen molar-refractivity contribution in [1.29, 1.82) is 0 Å². The van der Waals surface area contributed by atoms with Gasteiger partial charge < -0.3 is 10.0 Å². The largest absolute Gasteiger partial charge is 0.481 e. The van der Waals surface area contributed by atoms with Crippen molar-refractivity contribution < 1.29 is 14.7 Å². The Morgan fingerprint density at radius 3 is 2.48 bits per heavy atom. The topological polar surface area (TPSA) is 75.4 Å². The van der Waals surface area contributed by atoms with Crippen molar-refractivity contribution in [3.05, 3.63) is 23.0 Å². The number of amides is 1. The predicted molar refractivity (Wildman–Crippen MR) is 80.8 cm³/mol. The van der Waals surface area contributed by atoms with Crippen molar-refractivity contribution in [3.63, 3.8) is 0 Å². The van der Waals surface area contributed by atoms with Gasteiger partial charge in [-0.15, -0.1) is 0 Å². The molecule has 1 amide bonds. The fourth-order valence-corrected chi connectivity index (χ4v) is 2.07. The molecule has 1 unspecified atom stereocenters. The molecule has 1 atom stereocenters. The molecule has 0 aliphatic carbocycles. The second-order valence-electron chi connectivity index (χ2n) is 5.16. The average molecular weight is 293 g/mol. The summed E-state index contributed by atoms with van der Waals surface area (Å²) in [5.74, 6) is -1.67. The number of carbonyl (C=O) groups excluding carboxylic acids is 1. The van der Waals surface area contributed by atoms with E-state index in [9.17, 15) is 9.59 Å². The lowest BCUT2D eigenvalue weighted by atomic mass is 10.1. The first-order valence-corrected chi connectivity index (χ1v) is 6.97. The minimum absolute atomic E-state index is 0.187. The Kier molecular flexibility index (Phi) is 5.69. The summed E-state index contributed by atoms with van der Waals surface area (Å²) in [5, 5.41) is 13.2. The monoisotopic (exact) mass is 293 g/mol. The fraction of sp³-hybridized carbons (Fsp3) is 0.533. The van der Waals surface area contributed by atoms with Crippen LogP contribution in [0.2, 0.25) is 0 Å². The summed E-state index contributed by atoms with van der Waals surface area (Å²) in [5.41, 5.74) is 2.77. The zero-order valence-electron chi connectivity index (χ0n) is 13.3. The van der Waals surface area contributed by atoms with Gasteiger partial charge in [0.05, 0.1) is 11.6 Å². The van der Waals surface area contributed by atoms with Gasteiger partial charge in [-0.2, -0.15) is 5.10 Å². The molecular formula is C15H23N3O3. The molecule has 1 aromatic heterocycles. The standard InChI is InChI=1S/C15H23N3O3/c1-6-18(9-10(2)15(20)21)14(19)8-7-13-11(3)16-17(5)12(13)4/h7-8,10H,6,9H2,1-5H3,(H,20,21). The van der Waals surface area contributed by atoms with Gasteiger partial charge in [-0.3, -0.25) is 14.3 Å². The first-order chi connectivity index (χ1) is 9.77. The van der Waals surface area contributed by atoms with E-state index in [0.29, 0.717) is 6.54 Å². The predicted octanol–water partition coefficient (Wildman–Crippen LogP) is 1.62. The van der Waals surface area contributed by atoms with Gasteiger partial charge >= 0.3 is 5.97 Å². The van der Waals surface area contributed by atoms with E-state index in [-0.39, 0.29) is 12.5 Å². The third kappa shape index (κ3) is 4.18. The maximum atomic E-state index is 12.2. The second kappa shape index (κ2) is 7.06. The van der Waals surface area contributed by atoms with Crippen LogP contribution in [0.15, 0.2) is 6.08 Å². The number of hydrogen-bond donors (Lipinski definition) is 1. The molecule has 1 N–H and O–H groups in total. The number of hydrogen-bond acceptors (Lipinski definition) is 3. The van der Waals surface area contributed by atoms with Gasteiger partial charge in [0, 0.05) is 37.5 Å². The molecule has 1 aromatic rings. The molecule has 1 heterocycles. The quantitative estimate of drug-likeness (QED) is 0.809. The average Bonchev–Trinajstić information content (AvgIpc) is 2.66. The van der Waals surface area contributed by atoms with Crippen LogP contribution in [0.4, 0.5) is 0 Å². The lowest BCUT2D eigenvalue weighted by Crippen LogP contribution is -2.35.